The van der Waals surface area contributed by atoms with Crippen LogP contribution < -0.4 is 0 Å². The topological polar surface area (TPSA) is 30.3 Å². The summed E-state index contributed by atoms with van der Waals surface area (Å²) in [5, 5.41) is 0. The molecule has 1 fully saturated rings. The highest BCUT2D eigenvalue weighted by atomic mass is 16.5. The highest BCUT2D eigenvalue weighted by Crippen LogP contribution is 2.19. The number of hydrogen-bond acceptors (Lipinski definition) is 3. The van der Waals surface area contributed by atoms with Crippen molar-refractivity contribution in [2.45, 2.75) is 13.1 Å². The Morgan fingerprint density at radius 2 is 1.65 bits per heavy atom. The molecule has 4 heteroatoms. The van der Waals surface area contributed by atoms with E-state index in [1.807, 2.05) is 0 Å². The summed E-state index contributed by atoms with van der Waals surface area (Å²) in [6.45, 7) is 4.49. The molecule has 0 spiro atoms. The highest BCUT2D eigenvalue weighted by Gasteiger charge is 2.16. The summed E-state index contributed by atoms with van der Waals surface area (Å²) >= 11 is 0. The van der Waals surface area contributed by atoms with Crippen LogP contribution in [0.4, 0.5) is 0 Å². The van der Waals surface area contributed by atoms with E-state index < -0.39 is 0 Å². The third-order valence-electron chi connectivity index (χ3n) is 4.38. The van der Waals surface area contributed by atoms with Crippen LogP contribution in [0.5, 0.6) is 0 Å². The third kappa shape index (κ3) is 3.14. The summed E-state index contributed by atoms with van der Waals surface area (Å²) < 4.78 is 7.82. The summed E-state index contributed by atoms with van der Waals surface area (Å²) in [4.78, 5) is 7.32. The molecule has 0 unspecified atom stereocenters. The molecule has 0 N–H and O–H groups in total. The lowest BCUT2D eigenvalue weighted by atomic mass is 10.1. The number of para-hydroxylation sites is 2. The van der Waals surface area contributed by atoms with Gasteiger partial charge in [-0.25, -0.2) is 4.98 Å². The van der Waals surface area contributed by atoms with Gasteiger partial charge < -0.3 is 9.30 Å². The number of fused-ring (bicyclic) bond motifs is 1. The standard InChI is InChI=1S/C19H21N3O/c1-2-6-16(7-3-1)14-19-20-17-8-4-5-9-18(17)22(19)15-21-10-12-23-13-11-21/h1-9H,10-15H2. The van der Waals surface area contributed by atoms with Crippen LogP contribution in [0.25, 0.3) is 11.0 Å². The van der Waals surface area contributed by atoms with Crippen LogP contribution in [0.3, 0.4) is 0 Å². The Kier molecular flexibility index (Phi) is 4.09. The summed E-state index contributed by atoms with van der Waals surface area (Å²) in [5.41, 5.74) is 3.59. The van der Waals surface area contributed by atoms with Crippen molar-refractivity contribution in [2.24, 2.45) is 0 Å². The van der Waals surface area contributed by atoms with E-state index in [9.17, 15) is 0 Å². The van der Waals surface area contributed by atoms with Crippen molar-refractivity contribution in [1.29, 1.82) is 0 Å². The lowest BCUT2D eigenvalue weighted by Crippen LogP contribution is -2.37. The quantitative estimate of drug-likeness (QED) is 0.742. The molecule has 1 saturated heterocycles. The van der Waals surface area contributed by atoms with Crippen LogP contribution in [0.15, 0.2) is 54.6 Å². The lowest BCUT2D eigenvalue weighted by molar-refractivity contribution is 0.0237. The van der Waals surface area contributed by atoms with Gasteiger partial charge in [-0.2, -0.15) is 0 Å². The first kappa shape index (κ1) is 14.4. The Balaban J connectivity index is 1.69. The van der Waals surface area contributed by atoms with Crippen LogP contribution >= 0.6 is 0 Å². The number of ether oxygens (including phenoxy) is 1. The Hall–Kier alpha value is -2.17. The van der Waals surface area contributed by atoms with Gasteiger partial charge in [0.15, 0.2) is 0 Å². The molecule has 4 rings (SSSR count). The maximum absolute atomic E-state index is 5.47. The molecule has 0 aliphatic carbocycles. The Morgan fingerprint density at radius 1 is 0.913 bits per heavy atom. The molecule has 0 radical (unpaired) electrons. The maximum Gasteiger partial charge on any atom is 0.115 e. The fourth-order valence-electron chi connectivity index (χ4n) is 3.14. The molecule has 0 amide bonds. The molecular formula is C19H21N3O. The Bertz CT molecular complexity index is 776. The molecule has 2 heterocycles. The highest BCUT2D eigenvalue weighted by molar-refractivity contribution is 5.76. The number of morpholine rings is 1. The summed E-state index contributed by atoms with van der Waals surface area (Å²) in [6.07, 6.45) is 0.861. The van der Waals surface area contributed by atoms with Crippen molar-refractivity contribution in [2.75, 3.05) is 26.3 Å². The number of rotatable bonds is 4. The third-order valence-corrected chi connectivity index (χ3v) is 4.38. The zero-order valence-corrected chi connectivity index (χ0v) is 13.2. The van der Waals surface area contributed by atoms with E-state index >= 15 is 0 Å². The zero-order valence-electron chi connectivity index (χ0n) is 13.2. The molecule has 1 aliphatic heterocycles. The largest absolute Gasteiger partial charge is 0.379 e. The second-order valence-electron chi connectivity index (χ2n) is 5.98. The van der Waals surface area contributed by atoms with Gasteiger partial charge in [0, 0.05) is 19.5 Å². The average molecular weight is 307 g/mol. The second-order valence-corrected chi connectivity index (χ2v) is 5.98. The SMILES string of the molecule is c1ccc(Cc2nc3ccccc3n2CN2CCOCC2)cc1. The number of imidazole rings is 1. The van der Waals surface area contributed by atoms with Crippen molar-refractivity contribution >= 4 is 11.0 Å². The van der Waals surface area contributed by atoms with Gasteiger partial charge in [-0.15, -0.1) is 0 Å². The van der Waals surface area contributed by atoms with Gasteiger partial charge in [0.25, 0.3) is 0 Å². The molecule has 118 valence electrons. The van der Waals surface area contributed by atoms with E-state index in [1.54, 1.807) is 0 Å². The number of hydrogen-bond donors (Lipinski definition) is 0. The van der Waals surface area contributed by atoms with Crippen LogP contribution in [0, 0.1) is 0 Å². The number of nitrogens with zero attached hydrogens (tertiary/aromatic N) is 3. The summed E-state index contributed by atoms with van der Waals surface area (Å²) in [6, 6.07) is 19.0. The van der Waals surface area contributed by atoms with E-state index in [0.29, 0.717) is 0 Å². The van der Waals surface area contributed by atoms with Crippen LogP contribution in [0.2, 0.25) is 0 Å². The molecule has 23 heavy (non-hydrogen) atoms. The van der Waals surface area contributed by atoms with Gasteiger partial charge >= 0.3 is 0 Å². The van der Waals surface area contributed by atoms with Crippen LogP contribution in [0.1, 0.15) is 11.4 Å². The summed E-state index contributed by atoms with van der Waals surface area (Å²) in [5.74, 6) is 1.13. The second kappa shape index (κ2) is 6.52. The lowest BCUT2D eigenvalue weighted by Gasteiger charge is -2.27. The first-order valence-electron chi connectivity index (χ1n) is 8.18. The molecule has 0 saturated carbocycles. The first-order chi connectivity index (χ1) is 11.4. The molecule has 4 nitrogen and oxygen atoms in total. The molecule has 3 aromatic rings. The monoisotopic (exact) mass is 307 g/mol. The van der Waals surface area contributed by atoms with Gasteiger partial charge in [-0.1, -0.05) is 42.5 Å². The predicted octanol–water partition coefficient (Wildman–Crippen LogP) is 2.92. The average Bonchev–Trinajstić information content (AvgIpc) is 2.94. The van der Waals surface area contributed by atoms with E-state index in [0.717, 1.165) is 50.7 Å². The Morgan fingerprint density at radius 3 is 2.48 bits per heavy atom. The fraction of sp³-hybridized carbons (Fsp3) is 0.316. The first-order valence-corrected chi connectivity index (χ1v) is 8.18. The minimum absolute atomic E-state index is 0.820. The predicted molar refractivity (Wildman–Crippen MR) is 91.4 cm³/mol. The van der Waals surface area contributed by atoms with Crippen molar-refractivity contribution < 1.29 is 4.74 Å². The molecular weight excluding hydrogens is 286 g/mol. The van der Waals surface area contributed by atoms with Crippen molar-refractivity contribution in [1.82, 2.24) is 14.5 Å². The van der Waals surface area contributed by atoms with E-state index in [1.165, 1.54) is 11.1 Å². The van der Waals surface area contributed by atoms with Crippen molar-refractivity contribution in [3.05, 3.63) is 66.0 Å². The minimum atomic E-state index is 0.820. The molecule has 1 aliphatic rings. The number of benzene rings is 2. The van der Waals surface area contributed by atoms with Gasteiger partial charge in [0.05, 0.1) is 30.9 Å². The molecule has 0 atom stereocenters. The molecule has 2 aromatic carbocycles. The maximum atomic E-state index is 5.47. The fourth-order valence-corrected chi connectivity index (χ4v) is 3.14. The Labute approximate surface area is 136 Å². The van der Waals surface area contributed by atoms with Gasteiger partial charge in [-0.3, -0.25) is 4.90 Å². The normalized spacial score (nSPS) is 16.0. The van der Waals surface area contributed by atoms with Crippen molar-refractivity contribution in [3.8, 4) is 0 Å². The van der Waals surface area contributed by atoms with Gasteiger partial charge in [-0.05, 0) is 17.7 Å². The minimum Gasteiger partial charge on any atom is -0.379 e. The smallest absolute Gasteiger partial charge is 0.115 e. The summed E-state index contributed by atoms with van der Waals surface area (Å²) in [7, 11) is 0. The van der Waals surface area contributed by atoms with Crippen LogP contribution in [-0.4, -0.2) is 40.8 Å². The molecule has 0 bridgehead atoms. The number of aromatic nitrogens is 2. The van der Waals surface area contributed by atoms with E-state index in [-0.39, 0.29) is 0 Å². The van der Waals surface area contributed by atoms with E-state index in [2.05, 4.69) is 64.1 Å². The van der Waals surface area contributed by atoms with E-state index in [4.69, 9.17) is 9.72 Å². The van der Waals surface area contributed by atoms with Gasteiger partial charge in [0.1, 0.15) is 5.82 Å². The zero-order chi connectivity index (χ0) is 15.5. The van der Waals surface area contributed by atoms with Crippen LogP contribution in [-0.2, 0) is 17.8 Å². The van der Waals surface area contributed by atoms with Crippen molar-refractivity contribution in [3.63, 3.8) is 0 Å². The van der Waals surface area contributed by atoms with Gasteiger partial charge in [0.2, 0.25) is 0 Å². The molecule has 1 aromatic heterocycles.